The van der Waals surface area contributed by atoms with Gasteiger partial charge in [-0.25, -0.2) is 4.57 Å². The van der Waals surface area contributed by atoms with Gasteiger partial charge >= 0.3 is 7.82 Å². The van der Waals surface area contributed by atoms with Crippen LogP contribution in [0, 0.1) is 0 Å². The summed E-state index contributed by atoms with van der Waals surface area (Å²) in [5.74, 6) is 0. The van der Waals surface area contributed by atoms with E-state index in [1.54, 1.807) is 0 Å². The summed E-state index contributed by atoms with van der Waals surface area (Å²) < 4.78 is 37.8. The van der Waals surface area contributed by atoms with E-state index in [4.69, 9.17) is 28.2 Å². The van der Waals surface area contributed by atoms with Gasteiger partial charge in [-0.2, -0.15) is 0 Å². The normalized spacial score (nSPS) is 11.9. The molecular formula is C12H27O7P. The fourth-order valence-corrected chi connectivity index (χ4v) is 2.45. The van der Waals surface area contributed by atoms with Crippen LogP contribution in [-0.4, -0.2) is 58.0 Å². The molecule has 0 bridgehead atoms. The molecule has 0 aliphatic carbocycles. The molecule has 1 N–H and O–H groups in total. The van der Waals surface area contributed by atoms with Crippen molar-refractivity contribution in [3.63, 3.8) is 0 Å². The fraction of sp³-hybridized carbons (Fsp3) is 1.00. The Morgan fingerprint density at radius 3 is 1.70 bits per heavy atom. The van der Waals surface area contributed by atoms with Crippen molar-refractivity contribution in [3.8, 4) is 0 Å². The lowest BCUT2D eigenvalue weighted by Gasteiger charge is -2.17. The summed E-state index contributed by atoms with van der Waals surface area (Å²) in [6.45, 7) is 5.98. The number of aliphatic hydroxyl groups is 1. The van der Waals surface area contributed by atoms with Gasteiger partial charge < -0.3 is 14.6 Å². The first-order valence-electron chi connectivity index (χ1n) is 6.98. The molecule has 0 rings (SSSR count). The van der Waals surface area contributed by atoms with Gasteiger partial charge in [-0.15, -0.1) is 0 Å². The van der Waals surface area contributed by atoms with Crippen LogP contribution in [0.2, 0.25) is 0 Å². The molecule has 0 aromatic rings. The highest BCUT2D eigenvalue weighted by molar-refractivity contribution is 7.48. The van der Waals surface area contributed by atoms with Gasteiger partial charge in [0.1, 0.15) is 0 Å². The molecule has 0 heterocycles. The van der Waals surface area contributed by atoms with Crippen molar-refractivity contribution >= 4 is 7.82 Å². The predicted octanol–water partition coefficient (Wildman–Crippen LogP) is 1.99. The Hall–Kier alpha value is -0.0100. The number of hydrogen-bond donors (Lipinski definition) is 1. The van der Waals surface area contributed by atoms with E-state index in [1.165, 1.54) is 0 Å². The molecule has 0 atom stereocenters. The lowest BCUT2D eigenvalue weighted by Crippen LogP contribution is -2.11. The van der Waals surface area contributed by atoms with Crippen LogP contribution >= 0.6 is 7.82 Å². The molecule has 0 radical (unpaired) electrons. The number of phosphoric ester groups is 1. The molecule has 0 unspecified atom stereocenters. The SMILES string of the molecule is CCCOP(=O)(OCCC)OCCOCCOCCO. The van der Waals surface area contributed by atoms with Gasteiger partial charge in [0, 0.05) is 0 Å². The molecular weight excluding hydrogens is 287 g/mol. The Kier molecular flexibility index (Phi) is 13.9. The summed E-state index contributed by atoms with van der Waals surface area (Å²) in [4.78, 5) is 0. The van der Waals surface area contributed by atoms with Crippen molar-refractivity contribution in [2.24, 2.45) is 0 Å². The van der Waals surface area contributed by atoms with Crippen LogP contribution in [0.4, 0.5) is 0 Å². The summed E-state index contributed by atoms with van der Waals surface area (Å²) in [7, 11) is -3.46. The molecule has 0 spiro atoms. The van der Waals surface area contributed by atoms with Crippen molar-refractivity contribution in [1.29, 1.82) is 0 Å². The number of aliphatic hydroxyl groups excluding tert-OH is 1. The van der Waals surface area contributed by atoms with Crippen molar-refractivity contribution in [1.82, 2.24) is 0 Å². The molecule has 0 aliphatic rings. The molecule has 0 fully saturated rings. The first kappa shape index (κ1) is 20.0. The molecule has 0 aromatic heterocycles. The van der Waals surface area contributed by atoms with Crippen LogP contribution in [-0.2, 0) is 27.6 Å². The first-order valence-corrected chi connectivity index (χ1v) is 8.44. The molecule has 122 valence electrons. The van der Waals surface area contributed by atoms with Gasteiger partial charge in [-0.3, -0.25) is 13.6 Å². The highest BCUT2D eigenvalue weighted by atomic mass is 31.2. The molecule has 8 heteroatoms. The van der Waals surface area contributed by atoms with Gasteiger partial charge in [0.15, 0.2) is 0 Å². The van der Waals surface area contributed by atoms with Crippen LogP contribution < -0.4 is 0 Å². The molecule has 7 nitrogen and oxygen atoms in total. The topological polar surface area (TPSA) is 83.5 Å². The van der Waals surface area contributed by atoms with E-state index < -0.39 is 7.82 Å². The molecule has 0 saturated heterocycles. The number of phosphoric acid groups is 1. The summed E-state index contributed by atoms with van der Waals surface area (Å²) in [6.07, 6.45) is 1.48. The number of hydrogen-bond acceptors (Lipinski definition) is 7. The zero-order chi connectivity index (χ0) is 15.1. The predicted molar refractivity (Wildman–Crippen MR) is 74.8 cm³/mol. The summed E-state index contributed by atoms with van der Waals surface area (Å²) >= 11 is 0. The van der Waals surface area contributed by atoms with E-state index in [0.717, 1.165) is 12.8 Å². The highest BCUT2D eigenvalue weighted by Crippen LogP contribution is 2.49. The lowest BCUT2D eigenvalue weighted by molar-refractivity contribution is 0.0179. The van der Waals surface area contributed by atoms with E-state index in [-0.39, 0.29) is 19.8 Å². The standard InChI is InChI=1S/C12H27O7P/c1-3-6-17-20(14,18-7-4-2)19-12-11-16-10-9-15-8-5-13/h13H,3-12H2,1-2H3. The maximum absolute atomic E-state index is 12.1. The largest absolute Gasteiger partial charge is 0.474 e. The Morgan fingerprint density at radius 1 is 0.750 bits per heavy atom. The van der Waals surface area contributed by atoms with Crippen molar-refractivity contribution < 1.29 is 32.7 Å². The van der Waals surface area contributed by atoms with Crippen LogP contribution in [0.15, 0.2) is 0 Å². The first-order chi connectivity index (χ1) is 9.68. The van der Waals surface area contributed by atoms with E-state index >= 15 is 0 Å². The Morgan fingerprint density at radius 2 is 1.20 bits per heavy atom. The zero-order valence-electron chi connectivity index (χ0n) is 12.4. The minimum atomic E-state index is -3.46. The minimum absolute atomic E-state index is 0.00414. The van der Waals surface area contributed by atoms with Crippen molar-refractivity contribution in [3.05, 3.63) is 0 Å². The van der Waals surface area contributed by atoms with Crippen molar-refractivity contribution in [2.75, 3.05) is 52.9 Å². The summed E-state index contributed by atoms with van der Waals surface area (Å²) in [6, 6.07) is 0. The summed E-state index contributed by atoms with van der Waals surface area (Å²) in [5.41, 5.74) is 0. The third kappa shape index (κ3) is 11.8. The second-order valence-electron chi connectivity index (χ2n) is 3.90. The van der Waals surface area contributed by atoms with Crippen LogP contribution in [0.5, 0.6) is 0 Å². The molecule has 0 aromatic carbocycles. The third-order valence-electron chi connectivity index (χ3n) is 1.99. The molecule has 0 amide bonds. The van der Waals surface area contributed by atoms with Crippen LogP contribution in [0.1, 0.15) is 26.7 Å². The van der Waals surface area contributed by atoms with Crippen molar-refractivity contribution in [2.45, 2.75) is 26.7 Å². The Bertz CT molecular complexity index is 238. The number of rotatable bonds is 15. The molecule has 20 heavy (non-hydrogen) atoms. The van der Waals surface area contributed by atoms with E-state index in [9.17, 15) is 4.57 Å². The third-order valence-corrected chi connectivity index (χ3v) is 3.49. The Balaban J connectivity index is 3.70. The van der Waals surface area contributed by atoms with E-state index in [2.05, 4.69) is 0 Å². The quantitative estimate of drug-likeness (QED) is 0.365. The minimum Gasteiger partial charge on any atom is -0.394 e. The molecule has 0 saturated carbocycles. The summed E-state index contributed by atoms with van der Waals surface area (Å²) in [5, 5.41) is 8.49. The van der Waals surface area contributed by atoms with E-state index in [0.29, 0.717) is 33.0 Å². The second-order valence-corrected chi connectivity index (χ2v) is 5.56. The average molecular weight is 314 g/mol. The van der Waals surface area contributed by atoms with Gasteiger partial charge in [0.05, 0.1) is 52.9 Å². The van der Waals surface area contributed by atoms with Crippen LogP contribution in [0.25, 0.3) is 0 Å². The lowest BCUT2D eigenvalue weighted by atomic mass is 10.5. The Labute approximate surface area is 121 Å². The fourth-order valence-electron chi connectivity index (χ4n) is 1.11. The second kappa shape index (κ2) is 13.9. The number of ether oxygens (including phenoxy) is 2. The van der Waals surface area contributed by atoms with Gasteiger partial charge in [0.2, 0.25) is 0 Å². The van der Waals surface area contributed by atoms with Gasteiger partial charge in [-0.05, 0) is 12.8 Å². The smallest absolute Gasteiger partial charge is 0.394 e. The molecule has 0 aliphatic heterocycles. The zero-order valence-corrected chi connectivity index (χ0v) is 13.3. The van der Waals surface area contributed by atoms with Crippen LogP contribution in [0.3, 0.4) is 0 Å². The van der Waals surface area contributed by atoms with Gasteiger partial charge in [0.25, 0.3) is 0 Å². The van der Waals surface area contributed by atoms with Gasteiger partial charge in [-0.1, -0.05) is 13.8 Å². The maximum Gasteiger partial charge on any atom is 0.474 e. The highest BCUT2D eigenvalue weighted by Gasteiger charge is 2.25. The monoisotopic (exact) mass is 314 g/mol. The average Bonchev–Trinajstić information content (AvgIpc) is 2.46. The maximum atomic E-state index is 12.1. The van der Waals surface area contributed by atoms with E-state index in [1.807, 2.05) is 13.8 Å².